The number of halogens is 4. The monoisotopic (exact) mass is 981 g/mol. The van der Waals surface area contributed by atoms with Crippen LogP contribution in [-0.4, -0.2) is 86.0 Å². The molecule has 1 amide bonds. The van der Waals surface area contributed by atoms with Crippen LogP contribution >= 0.6 is 34.8 Å². The van der Waals surface area contributed by atoms with Gasteiger partial charge in [0, 0.05) is 94.1 Å². The fourth-order valence-electron chi connectivity index (χ4n) is 8.25. The van der Waals surface area contributed by atoms with Crippen LogP contribution in [0.1, 0.15) is 66.9 Å². The lowest BCUT2D eigenvalue weighted by molar-refractivity contribution is -0.118. The number of hydrogen-bond acceptors (Lipinski definition) is 12. The second kappa shape index (κ2) is 22.6. The number of fused-ring (bicyclic) bond motifs is 3. The van der Waals surface area contributed by atoms with Crippen molar-refractivity contribution in [1.29, 1.82) is 0 Å². The van der Waals surface area contributed by atoms with Gasteiger partial charge in [-0.2, -0.15) is 19.9 Å². The SMILES string of the molecule is CC(=O)NCCn1ccc2c(CCc3ccco3)nc(Cl)nc21.CCN1CCC(n2ccc3c(CCc4ccco4)nc(Cl)nc32)CC1.Cc1[nH]c2nc(Cl)nc(NCc3ccncc3)c2c1F. The molecule has 1 aliphatic rings. The highest BCUT2D eigenvalue weighted by Crippen LogP contribution is 2.30. The summed E-state index contributed by atoms with van der Waals surface area (Å²) in [6, 6.07) is 16.1. The van der Waals surface area contributed by atoms with E-state index < -0.39 is 0 Å². The molecule has 10 rings (SSSR count). The molecule has 0 spiro atoms. The first kappa shape index (κ1) is 48.1. The zero-order valence-corrected chi connectivity index (χ0v) is 40.1. The molecule has 20 heteroatoms. The van der Waals surface area contributed by atoms with E-state index in [1.54, 1.807) is 31.8 Å². The summed E-state index contributed by atoms with van der Waals surface area (Å²) < 4.78 is 29.1. The van der Waals surface area contributed by atoms with Crippen LogP contribution in [0.4, 0.5) is 10.2 Å². The third-order valence-corrected chi connectivity index (χ3v) is 12.2. The molecule has 1 saturated heterocycles. The minimum atomic E-state index is -0.367. The Morgan fingerprint density at radius 3 is 2.04 bits per heavy atom. The van der Waals surface area contributed by atoms with Crippen LogP contribution in [0.5, 0.6) is 0 Å². The van der Waals surface area contributed by atoms with Crippen LogP contribution in [0.15, 0.2) is 94.7 Å². The van der Waals surface area contributed by atoms with Gasteiger partial charge in [0.15, 0.2) is 5.82 Å². The van der Waals surface area contributed by atoms with Crippen molar-refractivity contribution >= 4 is 79.6 Å². The largest absolute Gasteiger partial charge is 0.469 e. The average Bonchev–Trinajstić information content (AvgIpc) is 4.21. The van der Waals surface area contributed by atoms with Crippen molar-refractivity contribution in [3.8, 4) is 0 Å². The predicted octanol–water partition coefficient (Wildman–Crippen LogP) is 9.78. The fourth-order valence-corrected chi connectivity index (χ4v) is 8.78. The van der Waals surface area contributed by atoms with Crippen LogP contribution in [0.25, 0.3) is 33.1 Å². The lowest BCUT2D eigenvalue weighted by Crippen LogP contribution is -2.34. The van der Waals surface area contributed by atoms with Crippen molar-refractivity contribution in [2.24, 2.45) is 0 Å². The molecule has 0 bridgehead atoms. The predicted molar refractivity (Wildman–Crippen MR) is 262 cm³/mol. The van der Waals surface area contributed by atoms with Gasteiger partial charge in [-0.25, -0.2) is 14.4 Å². The zero-order chi connectivity index (χ0) is 47.6. The van der Waals surface area contributed by atoms with E-state index >= 15 is 0 Å². The van der Waals surface area contributed by atoms with Gasteiger partial charge in [-0.15, -0.1) is 0 Å². The molecule has 10 heterocycles. The first-order valence-electron chi connectivity index (χ1n) is 22.4. The van der Waals surface area contributed by atoms with Crippen molar-refractivity contribution in [3.63, 3.8) is 0 Å². The number of carbonyl (C=O) groups is 1. The summed E-state index contributed by atoms with van der Waals surface area (Å²) in [4.78, 5) is 46.0. The van der Waals surface area contributed by atoms with Crippen LogP contribution in [-0.2, 0) is 43.6 Å². The molecule has 16 nitrogen and oxygen atoms in total. The summed E-state index contributed by atoms with van der Waals surface area (Å²) >= 11 is 18.2. The Morgan fingerprint density at radius 1 is 0.809 bits per heavy atom. The highest BCUT2D eigenvalue weighted by Gasteiger charge is 2.23. The van der Waals surface area contributed by atoms with Crippen molar-refractivity contribution in [1.82, 2.24) is 59.2 Å². The van der Waals surface area contributed by atoms with Crippen molar-refractivity contribution < 1.29 is 18.0 Å². The smallest absolute Gasteiger partial charge is 0.226 e. The van der Waals surface area contributed by atoms with Crippen LogP contribution < -0.4 is 10.6 Å². The maximum atomic E-state index is 14.1. The average molecular weight is 983 g/mol. The van der Waals surface area contributed by atoms with Gasteiger partial charge in [0.1, 0.15) is 34.3 Å². The van der Waals surface area contributed by atoms with Gasteiger partial charge in [0.2, 0.25) is 21.8 Å². The number of hydrogen-bond donors (Lipinski definition) is 3. The summed E-state index contributed by atoms with van der Waals surface area (Å²) in [5.74, 6) is 1.84. The van der Waals surface area contributed by atoms with Gasteiger partial charge in [-0.05, 0) is 128 Å². The summed E-state index contributed by atoms with van der Waals surface area (Å²) in [5, 5.41) is 8.87. The summed E-state index contributed by atoms with van der Waals surface area (Å²) in [6.07, 6.45) is 16.2. The maximum absolute atomic E-state index is 14.1. The molecule has 0 unspecified atom stereocenters. The molecule has 68 heavy (non-hydrogen) atoms. The molecule has 0 atom stereocenters. The fraction of sp³-hybridized carbons (Fsp3) is 0.333. The minimum Gasteiger partial charge on any atom is -0.469 e. The summed E-state index contributed by atoms with van der Waals surface area (Å²) in [7, 11) is 0. The number of aryl methyl sites for hydroxylation is 5. The van der Waals surface area contributed by atoms with Crippen molar-refractivity contribution in [2.75, 3.05) is 31.5 Å². The Hall–Kier alpha value is -6.40. The Morgan fingerprint density at radius 2 is 1.43 bits per heavy atom. The highest BCUT2D eigenvalue weighted by atomic mass is 35.5. The first-order chi connectivity index (χ1) is 33.0. The Labute approximate surface area is 406 Å². The molecule has 1 fully saturated rings. The second-order valence-electron chi connectivity index (χ2n) is 16.2. The molecular weight excluding hydrogens is 932 g/mol. The molecule has 0 saturated carbocycles. The molecule has 0 aromatic carbocycles. The van der Waals surface area contributed by atoms with E-state index in [2.05, 4.69) is 79.2 Å². The number of nitrogens with zero attached hydrogens (tertiary/aromatic N) is 10. The number of amides is 1. The number of likely N-dealkylation sites (tertiary alicyclic amines) is 1. The number of aromatic nitrogens is 10. The van der Waals surface area contributed by atoms with Crippen molar-refractivity contribution in [2.45, 2.75) is 78.4 Å². The van der Waals surface area contributed by atoms with E-state index in [1.807, 2.05) is 53.2 Å². The van der Waals surface area contributed by atoms with E-state index in [4.69, 9.17) is 43.6 Å². The number of carbonyl (C=O) groups excluding carboxylic acids is 1. The standard InChI is InChI=1S/C19H23ClN4O.C16H17ClN4O2.C13H11ClFN5/c1-2-23-10-7-14(8-11-23)24-12-9-16-17(21-19(20)22-18(16)24)6-5-15-4-3-13-25-15;1-11(22)18-7-9-21-8-6-13-14(19-16(17)20-15(13)21)5-4-12-3-2-10-23-12;1-7-10(15)9-11(19-13(14)20-12(9)18-7)17-6-8-2-4-16-5-3-8/h3-4,9,12-14H,2,5-8,10-11H2,1H3;2-3,6,8,10H,4-5,7,9H2,1H3,(H,18,22);2-5H,6H2,1H3,(H2,17,18,19,20). The van der Waals surface area contributed by atoms with E-state index in [-0.39, 0.29) is 22.3 Å². The Kier molecular flexibility index (Phi) is 16.0. The van der Waals surface area contributed by atoms with E-state index in [1.165, 1.54) is 6.92 Å². The number of rotatable bonds is 14. The van der Waals surface area contributed by atoms with Crippen molar-refractivity contribution in [3.05, 3.63) is 142 Å². The molecule has 9 aromatic heterocycles. The van der Waals surface area contributed by atoms with Gasteiger partial charge < -0.3 is 38.5 Å². The lowest BCUT2D eigenvalue weighted by Gasteiger charge is -2.32. The van der Waals surface area contributed by atoms with Crippen LogP contribution in [0.3, 0.4) is 0 Å². The molecule has 1 aliphatic heterocycles. The zero-order valence-electron chi connectivity index (χ0n) is 37.9. The number of furan rings is 2. The second-order valence-corrected chi connectivity index (χ2v) is 17.2. The van der Waals surface area contributed by atoms with Crippen LogP contribution in [0.2, 0.25) is 15.9 Å². The quantitative estimate of drug-likeness (QED) is 0.0878. The number of H-pyrrole nitrogens is 1. The van der Waals surface area contributed by atoms with Gasteiger partial charge in [0.05, 0.1) is 35.0 Å². The van der Waals surface area contributed by atoms with Gasteiger partial charge in [-0.3, -0.25) is 9.78 Å². The Bertz CT molecular complexity index is 3060. The molecule has 9 aromatic rings. The molecule has 354 valence electrons. The number of nitrogens with one attached hydrogen (secondary N) is 3. The molecule has 3 N–H and O–H groups in total. The summed E-state index contributed by atoms with van der Waals surface area (Å²) in [5.41, 5.74) is 5.44. The topological polar surface area (TPSA) is 187 Å². The first-order valence-corrected chi connectivity index (χ1v) is 23.6. The number of pyridine rings is 1. The number of anilines is 1. The Balaban J connectivity index is 0.000000139. The minimum absolute atomic E-state index is 0.0479. The van der Waals surface area contributed by atoms with Gasteiger partial charge >= 0.3 is 0 Å². The molecule has 0 radical (unpaired) electrons. The van der Waals surface area contributed by atoms with E-state index in [0.29, 0.717) is 53.5 Å². The summed E-state index contributed by atoms with van der Waals surface area (Å²) in [6.45, 7) is 10.5. The normalized spacial score (nSPS) is 13.1. The maximum Gasteiger partial charge on any atom is 0.226 e. The van der Waals surface area contributed by atoms with Gasteiger partial charge in [0.25, 0.3) is 0 Å². The van der Waals surface area contributed by atoms with E-state index in [9.17, 15) is 9.18 Å². The molecule has 0 aliphatic carbocycles. The number of piperidine rings is 1. The third-order valence-electron chi connectivity index (χ3n) is 11.7. The third kappa shape index (κ3) is 12.0. The highest BCUT2D eigenvalue weighted by molar-refractivity contribution is 6.29. The van der Waals surface area contributed by atoms with E-state index in [0.717, 1.165) is 109 Å². The molecular formula is C48H51Cl3FN13O3. The lowest BCUT2D eigenvalue weighted by atomic mass is 10.0. The van der Waals surface area contributed by atoms with Crippen LogP contribution in [0, 0.1) is 12.7 Å². The number of aromatic amines is 1. The van der Waals surface area contributed by atoms with Gasteiger partial charge in [-0.1, -0.05) is 6.92 Å².